The standard InChI is InChI=1S/C45H31NO2/c1-45(2)37-26-28(31-16-10-18-35-33-14-6-8-20-41(33)47-43(31)35)22-24-39(37)46(30-12-4-3-5-13-30)40-25-23-29(27-38(40)45)32-17-11-19-36-34-15-7-9-21-42(34)48-44(32)36/h3-27H,1-2H3. The van der Waals surface area contributed by atoms with Crippen LogP contribution in [0.4, 0.5) is 17.1 Å². The monoisotopic (exact) mass is 617 g/mol. The van der Waals surface area contributed by atoms with Gasteiger partial charge in [0.2, 0.25) is 0 Å². The number of hydrogen-bond acceptors (Lipinski definition) is 3. The number of benzene rings is 7. The van der Waals surface area contributed by atoms with Crippen LogP contribution in [0.25, 0.3) is 66.1 Å². The van der Waals surface area contributed by atoms with Crippen molar-refractivity contribution in [1.29, 1.82) is 0 Å². The lowest BCUT2D eigenvalue weighted by Gasteiger charge is -2.42. The zero-order valence-corrected chi connectivity index (χ0v) is 26.7. The second kappa shape index (κ2) is 9.97. The molecule has 0 N–H and O–H groups in total. The van der Waals surface area contributed by atoms with Gasteiger partial charge in [0.15, 0.2) is 0 Å². The molecule has 3 heteroatoms. The summed E-state index contributed by atoms with van der Waals surface area (Å²) >= 11 is 0. The molecule has 0 radical (unpaired) electrons. The molecule has 9 aromatic rings. The van der Waals surface area contributed by atoms with Crippen LogP contribution < -0.4 is 4.90 Å². The fourth-order valence-electron chi connectivity index (χ4n) is 7.88. The third-order valence-corrected chi connectivity index (χ3v) is 10.3. The van der Waals surface area contributed by atoms with E-state index in [-0.39, 0.29) is 5.41 Å². The van der Waals surface area contributed by atoms with Gasteiger partial charge in [0, 0.05) is 43.8 Å². The van der Waals surface area contributed by atoms with Crippen molar-refractivity contribution in [3.8, 4) is 22.3 Å². The van der Waals surface area contributed by atoms with Crippen molar-refractivity contribution in [2.24, 2.45) is 0 Å². The van der Waals surface area contributed by atoms with Gasteiger partial charge >= 0.3 is 0 Å². The van der Waals surface area contributed by atoms with Crippen LogP contribution in [0.1, 0.15) is 25.0 Å². The van der Waals surface area contributed by atoms with Crippen LogP contribution in [-0.4, -0.2) is 0 Å². The van der Waals surface area contributed by atoms with E-state index in [1.165, 1.54) is 22.5 Å². The maximum absolute atomic E-state index is 6.48. The van der Waals surface area contributed by atoms with Crippen LogP contribution in [0.2, 0.25) is 0 Å². The number of hydrogen-bond donors (Lipinski definition) is 0. The molecule has 0 amide bonds. The van der Waals surface area contributed by atoms with Crippen molar-refractivity contribution >= 4 is 60.9 Å². The first kappa shape index (κ1) is 27.1. The molecule has 1 aliphatic heterocycles. The first-order valence-corrected chi connectivity index (χ1v) is 16.5. The lowest BCUT2D eigenvalue weighted by molar-refractivity contribution is 0.632. The van der Waals surface area contributed by atoms with Gasteiger partial charge < -0.3 is 13.7 Å². The Morgan fingerprint density at radius 3 is 1.42 bits per heavy atom. The molecule has 0 bridgehead atoms. The van der Waals surface area contributed by atoms with Gasteiger partial charge in [-0.3, -0.25) is 0 Å². The summed E-state index contributed by atoms with van der Waals surface area (Å²) in [4.78, 5) is 2.41. The summed E-state index contributed by atoms with van der Waals surface area (Å²) in [6.07, 6.45) is 0. The normalized spacial score (nSPS) is 13.8. The van der Waals surface area contributed by atoms with Gasteiger partial charge in [-0.2, -0.15) is 0 Å². The predicted octanol–water partition coefficient (Wildman–Crippen LogP) is 12.9. The van der Waals surface area contributed by atoms with Crippen LogP contribution in [0.5, 0.6) is 0 Å². The van der Waals surface area contributed by atoms with E-state index in [2.05, 4.69) is 146 Å². The Balaban J connectivity index is 1.19. The molecule has 228 valence electrons. The predicted molar refractivity (Wildman–Crippen MR) is 199 cm³/mol. The van der Waals surface area contributed by atoms with Crippen LogP contribution in [0.15, 0.2) is 160 Å². The lowest BCUT2D eigenvalue weighted by atomic mass is 9.72. The number of furan rings is 2. The van der Waals surface area contributed by atoms with Crippen molar-refractivity contribution < 1.29 is 8.83 Å². The summed E-state index contributed by atoms with van der Waals surface area (Å²) in [6.45, 7) is 4.70. The quantitative estimate of drug-likeness (QED) is 0.198. The minimum atomic E-state index is -0.300. The summed E-state index contributed by atoms with van der Waals surface area (Å²) in [5.41, 5.74) is 13.9. The molecule has 7 aromatic carbocycles. The lowest BCUT2D eigenvalue weighted by Crippen LogP contribution is -2.30. The van der Waals surface area contributed by atoms with E-state index in [0.717, 1.165) is 71.8 Å². The average molecular weight is 618 g/mol. The van der Waals surface area contributed by atoms with Gasteiger partial charge in [-0.25, -0.2) is 0 Å². The van der Waals surface area contributed by atoms with Gasteiger partial charge in [-0.05, 0) is 70.8 Å². The molecule has 0 aliphatic carbocycles. The largest absolute Gasteiger partial charge is 0.455 e. The second-order valence-electron chi connectivity index (χ2n) is 13.3. The van der Waals surface area contributed by atoms with Gasteiger partial charge in [-0.1, -0.05) is 117 Å². The molecule has 0 fully saturated rings. The van der Waals surface area contributed by atoms with Crippen LogP contribution >= 0.6 is 0 Å². The van der Waals surface area contributed by atoms with Gasteiger partial charge in [0.05, 0.1) is 11.4 Å². The highest BCUT2D eigenvalue weighted by atomic mass is 16.3. The van der Waals surface area contributed by atoms with Gasteiger partial charge in [0.1, 0.15) is 22.3 Å². The van der Waals surface area contributed by atoms with Crippen molar-refractivity contribution in [3.63, 3.8) is 0 Å². The number of anilines is 3. The van der Waals surface area contributed by atoms with Crippen molar-refractivity contribution in [2.75, 3.05) is 4.90 Å². The topological polar surface area (TPSA) is 29.5 Å². The first-order chi connectivity index (χ1) is 23.6. The molecule has 10 rings (SSSR count). The van der Waals surface area contributed by atoms with E-state index in [1.807, 2.05) is 24.3 Å². The summed E-state index contributed by atoms with van der Waals surface area (Å²) in [5, 5.41) is 4.56. The molecule has 48 heavy (non-hydrogen) atoms. The number of fused-ring (bicyclic) bond motifs is 8. The van der Waals surface area contributed by atoms with E-state index in [0.29, 0.717) is 0 Å². The minimum Gasteiger partial charge on any atom is -0.455 e. The highest BCUT2D eigenvalue weighted by molar-refractivity contribution is 6.11. The molecular formula is C45H31NO2. The average Bonchev–Trinajstić information content (AvgIpc) is 3.71. The summed E-state index contributed by atoms with van der Waals surface area (Å²) in [6, 6.07) is 54.0. The zero-order valence-electron chi connectivity index (χ0n) is 26.7. The molecule has 0 saturated carbocycles. The van der Waals surface area contributed by atoms with E-state index in [4.69, 9.17) is 8.83 Å². The molecule has 2 aromatic heterocycles. The van der Waals surface area contributed by atoms with Gasteiger partial charge in [0.25, 0.3) is 0 Å². The van der Waals surface area contributed by atoms with E-state index in [9.17, 15) is 0 Å². The highest BCUT2D eigenvalue weighted by Crippen LogP contribution is 2.54. The third-order valence-electron chi connectivity index (χ3n) is 10.3. The Labute approximate surface area is 278 Å². The van der Waals surface area contributed by atoms with Gasteiger partial charge in [-0.15, -0.1) is 0 Å². The fourth-order valence-corrected chi connectivity index (χ4v) is 7.88. The first-order valence-electron chi connectivity index (χ1n) is 16.5. The second-order valence-corrected chi connectivity index (χ2v) is 13.3. The summed E-state index contributed by atoms with van der Waals surface area (Å²) in [7, 11) is 0. The van der Waals surface area contributed by atoms with Crippen LogP contribution in [-0.2, 0) is 5.41 Å². The molecule has 1 aliphatic rings. The molecular weight excluding hydrogens is 587 g/mol. The smallest absolute Gasteiger partial charge is 0.143 e. The SMILES string of the molecule is CC1(C)c2cc(-c3cccc4c3oc3ccccc34)ccc2N(c2ccccc2)c2ccc(-c3cccc4c3oc3ccccc34)cc21. The van der Waals surface area contributed by atoms with Crippen molar-refractivity contribution in [3.05, 3.63) is 163 Å². The molecule has 3 heterocycles. The van der Waals surface area contributed by atoms with Crippen LogP contribution in [0, 0.1) is 0 Å². The molecule has 3 nitrogen and oxygen atoms in total. The Bertz CT molecular complexity index is 2540. The Kier molecular flexibility index (Phi) is 5.63. The fraction of sp³-hybridized carbons (Fsp3) is 0.0667. The van der Waals surface area contributed by atoms with Crippen molar-refractivity contribution in [2.45, 2.75) is 19.3 Å². The van der Waals surface area contributed by atoms with Crippen LogP contribution in [0.3, 0.4) is 0 Å². The maximum atomic E-state index is 6.48. The summed E-state index contributed by atoms with van der Waals surface area (Å²) in [5.74, 6) is 0. The third kappa shape index (κ3) is 3.82. The Morgan fingerprint density at radius 1 is 0.438 bits per heavy atom. The zero-order chi connectivity index (χ0) is 32.0. The molecule has 0 atom stereocenters. The number of para-hydroxylation sites is 5. The van der Waals surface area contributed by atoms with E-state index < -0.39 is 0 Å². The minimum absolute atomic E-state index is 0.300. The summed E-state index contributed by atoms with van der Waals surface area (Å²) < 4.78 is 13.0. The number of nitrogens with zero attached hydrogens (tertiary/aromatic N) is 1. The van der Waals surface area contributed by atoms with E-state index >= 15 is 0 Å². The van der Waals surface area contributed by atoms with E-state index in [1.54, 1.807) is 0 Å². The molecule has 0 saturated heterocycles. The Morgan fingerprint density at radius 2 is 0.896 bits per heavy atom. The Hall–Kier alpha value is -6.06. The van der Waals surface area contributed by atoms with Crippen molar-refractivity contribution in [1.82, 2.24) is 0 Å². The molecule has 0 spiro atoms. The maximum Gasteiger partial charge on any atom is 0.143 e. The number of rotatable bonds is 3. The highest BCUT2D eigenvalue weighted by Gasteiger charge is 2.37. The molecule has 0 unspecified atom stereocenters.